The second-order valence-corrected chi connectivity index (χ2v) is 7.31. The Morgan fingerprint density at radius 3 is 2.32 bits per heavy atom. The molecule has 25 heavy (non-hydrogen) atoms. The van der Waals surface area contributed by atoms with Gasteiger partial charge in [0.1, 0.15) is 17.4 Å². The van der Waals surface area contributed by atoms with Crippen LogP contribution in [0, 0.1) is 11.3 Å². The van der Waals surface area contributed by atoms with Gasteiger partial charge in [0.2, 0.25) is 0 Å². The summed E-state index contributed by atoms with van der Waals surface area (Å²) in [6.45, 7) is 5.65. The molecule has 136 valence electrons. The minimum Gasteiger partial charge on any atom is -0.479 e. The zero-order valence-electron chi connectivity index (χ0n) is 15.2. The van der Waals surface area contributed by atoms with Crippen molar-refractivity contribution in [3.63, 3.8) is 0 Å². The Morgan fingerprint density at radius 2 is 1.76 bits per heavy atom. The Labute approximate surface area is 149 Å². The largest absolute Gasteiger partial charge is 0.479 e. The summed E-state index contributed by atoms with van der Waals surface area (Å²) in [6.07, 6.45) is 3.51. The first-order valence-electron chi connectivity index (χ1n) is 8.71. The fourth-order valence-corrected chi connectivity index (χ4v) is 2.86. The van der Waals surface area contributed by atoms with E-state index in [2.05, 4.69) is 10.6 Å². The molecule has 0 saturated heterocycles. The van der Waals surface area contributed by atoms with Gasteiger partial charge < -0.3 is 20.1 Å². The van der Waals surface area contributed by atoms with Crippen molar-refractivity contribution in [3.05, 3.63) is 24.3 Å². The Balaban J connectivity index is 1.73. The molecule has 0 radical (unpaired) electrons. The highest BCUT2D eigenvalue weighted by atomic mass is 16.6. The monoisotopic (exact) mass is 345 g/mol. The number of amides is 1. The van der Waals surface area contributed by atoms with E-state index in [1.165, 1.54) is 0 Å². The van der Waals surface area contributed by atoms with Crippen LogP contribution in [-0.2, 0) is 4.74 Å². The molecule has 1 amide bonds. The molecule has 0 unspecified atom stereocenters. The molecule has 1 aliphatic carbocycles. The summed E-state index contributed by atoms with van der Waals surface area (Å²) in [5.41, 5.74) is 0.569. The number of benzene rings is 1. The van der Waals surface area contributed by atoms with E-state index in [1.807, 2.05) is 51.1 Å². The molecule has 0 atom stereocenters. The standard InChI is InChI=1S/C19H27N3O3/c1-19(2,3)25-18(23)22-16-6-4-14(5-7-16)21-15-8-10-17(11-9-15)24-13-12-20/h8-11,14,16,21H,4-7,13H2,1-3H3,(H,22,23). The number of anilines is 1. The van der Waals surface area contributed by atoms with Crippen LogP contribution in [0.1, 0.15) is 46.5 Å². The average Bonchev–Trinajstić information content (AvgIpc) is 2.54. The highest BCUT2D eigenvalue weighted by molar-refractivity contribution is 5.68. The van der Waals surface area contributed by atoms with Crippen molar-refractivity contribution >= 4 is 11.8 Å². The number of carbonyl (C=O) groups excluding carboxylic acids is 1. The third-order valence-corrected chi connectivity index (χ3v) is 3.98. The van der Waals surface area contributed by atoms with E-state index in [1.54, 1.807) is 0 Å². The predicted molar refractivity (Wildman–Crippen MR) is 96.6 cm³/mol. The molecule has 0 bridgehead atoms. The third kappa shape index (κ3) is 6.92. The Hall–Kier alpha value is -2.42. The number of carbonyl (C=O) groups is 1. The molecule has 1 aliphatic rings. The first-order valence-corrected chi connectivity index (χ1v) is 8.71. The fourth-order valence-electron chi connectivity index (χ4n) is 2.86. The van der Waals surface area contributed by atoms with Crippen LogP contribution in [0.2, 0.25) is 0 Å². The lowest BCUT2D eigenvalue weighted by molar-refractivity contribution is 0.0492. The van der Waals surface area contributed by atoms with Gasteiger partial charge in [-0.1, -0.05) is 0 Å². The summed E-state index contributed by atoms with van der Waals surface area (Å²) in [5, 5.41) is 15.0. The normalized spacial score (nSPS) is 20.2. The van der Waals surface area contributed by atoms with Gasteiger partial charge in [0.05, 0.1) is 0 Å². The van der Waals surface area contributed by atoms with Crippen LogP contribution in [0.25, 0.3) is 0 Å². The van der Waals surface area contributed by atoms with Crippen molar-refractivity contribution in [2.24, 2.45) is 0 Å². The van der Waals surface area contributed by atoms with Crippen molar-refractivity contribution in [1.82, 2.24) is 5.32 Å². The number of hydrogen-bond acceptors (Lipinski definition) is 5. The van der Waals surface area contributed by atoms with Gasteiger partial charge in [0.25, 0.3) is 0 Å². The zero-order valence-corrected chi connectivity index (χ0v) is 15.2. The van der Waals surface area contributed by atoms with Crippen LogP contribution < -0.4 is 15.4 Å². The molecule has 0 aliphatic heterocycles. The number of ether oxygens (including phenoxy) is 2. The van der Waals surface area contributed by atoms with Gasteiger partial charge >= 0.3 is 6.09 Å². The maximum atomic E-state index is 11.8. The minimum absolute atomic E-state index is 0.0570. The second-order valence-electron chi connectivity index (χ2n) is 7.31. The highest BCUT2D eigenvalue weighted by Gasteiger charge is 2.24. The van der Waals surface area contributed by atoms with Crippen LogP contribution >= 0.6 is 0 Å². The van der Waals surface area contributed by atoms with Gasteiger partial charge in [-0.15, -0.1) is 0 Å². The van der Waals surface area contributed by atoms with Crippen molar-refractivity contribution < 1.29 is 14.3 Å². The van der Waals surface area contributed by atoms with Crippen molar-refractivity contribution in [3.8, 4) is 11.8 Å². The van der Waals surface area contributed by atoms with Crippen LogP contribution in [0.3, 0.4) is 0 Å². The summed E-state index contributed by atoms with van der Waals surface area (Å²) >= 11 is 0. The smallest absolute Gasteiger partial charge is 0.407 e. The molecular weight excluding hydrogens is 318 g/mol. The van der Waals surface area contributed by atoms with Gasteiger partial charge in [0, 0.05) is 17.8 Å². The molecule has 6 nitrogen and oxygen atoms in total. The lowest BCUT2D eigenvalue weighted by atomic mass is 9.91. The van der Waals surface area contributed by atoms with Gasteiger partial charge in [-0.2, -0.15) is 5.26 Å². The molecule has 1 aromatic rings. The first kappa shape index (κ1) is 18.9. The van der Waals surface area contributed by atoms with Crippen LogP contribution in [-0.4, -0.2) is 30.4 Å². The number of alkyl carbamates (subject to hydrolysis) is 1. The van der Waals surface area contributed by atoms with E-state index >= 15 is 0 Å². The zero-order chi connectivity index (χ0) is 18.3. The molecule has 1 aromatic carbocycles. The van der Waals surface area contributed by atoms with Crippen LogP contribution in [0.15, 0.2) is 24.3 Å². The Morgan fingerprint density at radius 1 is 1.16 bits per heavy atom. The fraction of sp³-hybridized carbons (Fsp3) is 0.579. The molecular formula is C19H27N3O3. The molecule has 0 aromatic heterocycles. The molecule has 2 N–H and O–H groups in total. The molecule has 1 saturated carbocycles. The molecule has 6 heteroatoms. The van der Waals surface area contributed by atoms with Crippen LogP contribution in [0.4, 0.5) is 10.5 Å². The number of nitriles is 1. The van der Waals surface area contributed by atoms with Gasteiger partial charge in [-0.05, 0) is 70.7 Å². The average molecular weight is 345 g/mol. The van der Waals surface area contributed by atoms with E-state index in [0.717, 1.165) is 31.4 Å². The van der Waals surface area contributed by atoms with Gasteiger partial charge in [-0.3, -0.25) is 0 Å². The summed E-state index contributed by atoms with van der Waals surface area (Å²) < 4.78 is 10.5. The Bertz CT molecular complexity index is 594. The SMILES string of the molecule is CC(C)(C)OC(=O)NC1CCC(Nc2ccc(OCC#N)cc2)CC1. The van der Waals surface area contributed by atoms with E-state index < -0.39 is 5.60 Å². The van der Waals surface area contributed by atoms with Crippen molar-refractivity contribution in [2.75, 3.05) is 11.9 Å². The number of rotatable bonds is 5. The van der Waals surface area contributed by atoms with Gasteiger partial charge in [-0.25, -0.2) is 4.79 Å². The quantitative estimate of drug-likeness (QED) is 0.847. The summed E-state index contributed by atoms with van der Waals surface area (Å²) in [4.78, 5) is 11.8. The van der Waals surface area contributed by atoms with Crippen molar-refractivity contribution in [2.45, 2.75) is 64.1 Å². The summed E-state index contributed by atoms with van der Waals surface area (Å²) in [7, 11) is 0. The van der Waals surface area contributed by atoms with E-state index in [-0.39, 0.29) is 18.7 Å². The topological polar surface area (TPSA) is 83.4 Å². The summed E-state index contributed by atoms with van der Waals surface area (Å²) in [6, 6.07) is 10.1. The van der Waals surface area contributed by atoms with E-state index in [4.69, 9.17) is 14.7 Å². The first-order chi connectivity index (χ1) is 11.9. The third-order valence-electron chi connectivity index (χ3n) is 3.98. The van der Waals surface area contributed by atoms with Crippen LogP contribution in [0.5, 0.6) is 5.75 Å². The van der Waals surface area contributed by atoms with E-state index in [9.17, 15) is 4.79 Å². The maximum Gasteiger partial charge on any atom is 0.407 e. The summed E-state index contributed by atoms with van der Waals surface area (Å²) in [5.74, 6) is 0.692. The van der Waals surface area contributed by atoms with Crippen molar-refractivity contribution in [1.29, 1.82) is 5.26 Å². The second kappa shape index (κ2) is 8.61. The number of hydrogen-bond donors (Lipinski definition) is 2. The molecule has 1 fully saturated rings. The molecule has 0 spiro atoms. The van der Waals surface area contributed by atoms with Gasteiger partial charge in [0.15, 0.2) is 6.61 Å². The minimum atomic E-state index is -0.466. The molecule has 0 heterocycles. The number of nitrogens with zero attached hydrogens (tertiary/aromatic N) is 1. The lowest BCUT2D eigenvalue weighted by Crippen LogP contribution is -2.42. The maximum absolute atomic E-state index is 11.8. The molecule has 2 rings (SSSR count). The lowest BCUT2D eigenvalue weighted by Gasteiger charge is -2.31. The predicted octanol–water partition coefficient (Wildman–Crippen LogP) is 3.84. The van der Waals surface area contributed by atoms with E-state index in [0.29, 0.717) is 11.8 Å². The highest BCUT2D eigenvalue weighted by Crippen LogP contribution is 2.24. The Kier molecular flexibility index (Phi) is 6.51. The number of nitrogens with one attached hydrogen (secondary N) is 2.